The fourth-order valence-corrected chi connectivity index (χ4v) is 2.81. The van der Waals surface area contributed by atoms with Crippen molar-refractivity contribution in [1.29, 1.82) is 0 Å². The summed E-state index contributed by atoms with van der Waals surface area (Å²) in [7, 11) is 1.61. The summed E-state index contributed by atoms with van der Waals surface area (Å²) in [6.45, 7) is 6.63. The summed E-state index contributed by atoms with van der Waals surface area (Å²) in [4.78, 5) is 4.11. The van der Waals surface area contributed by atoms with Crippen LogP contribution in [0.5, 0.6) is 0 Å². The van der Waals surface area contributed by atoms with Crippen LogP contribution in [-0.2, 0) is 12.7 Å². The van der Waals surface area contributed by atoms with Gasteiger partial charge < -0.3 is 15.2 Å². The van der Waals surface area contributed by atoms with E-state index in [2.05, 4.69) is 20.8 Å². The molecule has 1 aromatic heterocycles. The number of hydrogen-bond donors (Lipinski definition) is 2. The average Bonchev–Trinajstić information content (AvgIpc) is 2.93. The average molecular weight is 496 g/mol. The summed E-state index contributed by atoms with van der Waals surface area (Å²) < 4.78 is 43.5. The molecule has 0 fully saturated rings. The number of aromatic nitrogens is 1. The summed E-state index contributed by atoms with van der Waals surface area (Å²) in [6, 6.07) is 5.23. The number of aliphatic imine (C=N–C) groups is 1. The van der Waals surface area contributed by atoms with Crippen molar-refractivity contribution in [3.8, 4) is 0 Å². The van der Waals surface area contributed by atoms with Gasteiger partial charge >= 0.3 is 6.18 Å². The predicted molar refractivity (Wildman–Crippen MR) is 109 cm³/mol. The third-order valence-electron chi connectivity index (χ3n) is 4.09. The molecule has 2 rings (SSSR count). The van der Waals surface area contributed by atoms with Crippen molar-refractivity contribution in [2.45, 2.75) is 39.4 Å². The maximum atomic E-state index is 12.8. The van der Waals surface area contributed by atoms with Crippen LogP contribution < -0.4 is 10.6 Å². The van der Waals surface area contributed by atoms with Gasteiger partial charge in [-0.25, -0.2) is 0 Å². The van der Waals surface area contributed by atoms with Crippen molar-refractivity contribution in [3.63, 3.8) is 0 Å². The second kappa shape index (κ2) is 9.95. The zero-order valence-corrected chi connectivity index (χ0v) is 18.0. The Morgan fingerprint density at radius 3 is 2.52 bits per heavy atom. The summed E-state index contributed by atoms with van der Waals surface area (Å²) in [5, 5.41) is 10.1. The lowest BCUT2D eigenvalue weighted by atomic mass is 10.00. The monoisotopic (exact) mass is 496 g/mol. The minimum atomic E-state index is -4.35. The normalized spacial score (nSPS) is 13.1. The van der Waals surface area contributed by atoms with Gasteiger partial charge in [-0.2, -0.15) is 13.2 Å². The Hall–Kier alpha value is -1.78. The van der Waals surface area contributed by atoms with Crippen LogP contribution in [0.4, 0.5) is 13.2 Å². The van der Waals surface area contributed by atoms with Gasteiger partial charge in [0.15, 0.2) is 5.96 Å². The molecule has 0 radical (unpaired) electrons. The fraction of sp³-hybridized carbons (Fsp3) is 0.444. The van der Waals surface area contributed by atoms with E-state index in [0.29, 0.717) is 18.1 Å². The van der Waals surface area contributed by atoms with E-state index >= 15 is 0 Å². The summed E-state index contributed by atoms with van der Waals surface area (Å²) in [5.74, 6) is 1.44. The van der Waals surface area contributed by atoms with Gasteiger partial charge in [-0.3, -0.25) is 4.99 Å². The maximum Gasteiger partial charge on any atom is 0.416 e. The number of hydrogen-bond acceptors (Lipinski definition) is 3. The van der Waals surface area contributed by atoms with E-state index in [4.69, 9.17) is 4.52 Å². The fourth-order valence-electron chi connectivity index (χ4n) is 2.81. The first-order valence-electron chi connectivity index (χ1n) is 8.25. The van der Waals surface area contributed by atoms with Gasteiger partial charge in [-0.1, -0.05) is 24.2 Å². The van der Waals surface area contributed by atoms with Gasteiger partial charge in [0.05, 0.1) is 11.3 Å². The molecular weight excluding hydrogens is 472 g/mol. The Balaban J connectivity index is 0.00000364. The van der Waals surface area contributed by atoms with Crippen LogP contribution in [0.1, 0.15) is 41.0 Å². The molecule has 0 bridgehead atoms. The van der Waals surface area contributed by atoms with Gasteiger partial charge in [-0.05, 0) is 31.5 Å². The van der Waals surface area contributed by atoms with E-state index < -0.39 is 11.7 Å². The molecule has 1 heterocycles. The first-order valence-corrected chi connectivity index (χ1v) is 8.25. The van der Waals surface area contributed by atoms with E-state index in [9.17, 15) is 13.2 Å². The molecule has 0 aliphatic carbocycles. The van der Waals surface area contributed by atoms with Crippen LogP contribution in [0.2, 0.25) is 0 Å². The number of aryl methyl sites for hydroxylation is 2. The van der Waals surface area contributed by atoms with Crippen molar-refractivity contribution in [1.82, 2.24) is 15.8 Å². The van der Waals surface area contributed by atoms with Gasteiger partial charge in [0, 0.05) is 31.6 Å². The third-order valence-corrected chi connectivity index (χ3v) is 4.09. The first kappa shape index (κ1) is 23.3. The lowest BCUT2D eigenvalue weighted by Crippen LogP contribution is -2.38. The van der Waals surface area contributed by atoms with E-state index in [0.717, 1.165) is 29.2 Å². The molecule has 9 heteroatoms. The molecule has 1 atom stereocenters. The SMILES string of the molecule is CN=C(NCc1cccc(C(F)(F)F)c1)NCC(C)c1c(C)noc1C.I. The molecule has 27 heavy (non-hydrogen) atoms. The molecule has 1 unspecified atom stereocenters. The van der Waals surface area contributed by atoms with Crippen molar-refractivity contribution >= 4 is 29.9 Å². The highest BCUT2D eigenvalue weighted by Gasteiger charge is 2.30. The second-order valence-corrected chi connectivity index (χ2v) is 6.14. The molecule has 5 nitrogen and oxygen atoms in total. The van der Waals surface area contributed by atoms with Gasteiger partial charge in [0.1, 0.15) is 5.76 Å². The van der Waals surface area contributed by atoms with Crippen LogP contribution in [0.3, 0.4) is 0 Å². The number of halogens is 4. The Morgan fingerprint density at radius 1 is 1.26 bits per heavy atom. The molecule has 2 N–H and O–H groups in total. The van der Waals surface area contributed by atoms with E-state index in [1.54, 1.807) is 13.1 Å². The lowest BCUT2D eigenvalue weighted by molar-refractivity contribution is -0.137. The van der Waals surface area contributed by atoms with Crippen LogP contribution in [0.25, 0.3) is 0 Å². The van der Waals surface area contributed by atoms with Crippen molar-refractivity contribution in [3.05, 3.63) is 52.4 Å². The number of benzene rings is 1. The smallest absolute Gasteiger partial charge is 0.361 e. The highest BCUT2D eigenvalue weighted by atomic mass is 127. The maximum absolute atomic E-state index is 12.8. The van der Waals surface area contributed by atoms with E-state index in [1.165, 1.54) is 6.07 Å². The quantitative estimate of drug-likeness (QED) is 0.366. The Labute approximate surface area is 173 Å². The molecule has 1 aromatic carbocycles. The lowest BCUT2D eigenvalue weighted by Gasteiger charge is -2.16. The Kier molecular flexibility index (Phi) is 8.58. The van der Waals surface area contributed by atoms with Gasteiger partial charge in [0.25, 0.3) is 0 Å². The number of rotatable bonds is 5. The topological polar surface area (TPSA) is 62.5 Å². The minimum absolute atomic E-state index is 0. The molecule has 0 aliphatic heterocycles. The first-order chi connectivity index (χ1) is 12.2. The molecule has 0 spiro atoms. The zero-order chi connectivity index (χ0) is 19.3. The van der Waals surface area contributed by atoms with Crippen LogP contribution >= 0.6 is 24.0 Å². The van der Waals surface area contributed by atoms with Crippen LogP contribution in [-0.4, -0.2) is 24.7 Å². The minimum Gasteiger partial charge on any atom is -0.361 e. The highest BCUT2D eigenvalue weighted by molar-refractivity contribution is 14.0. The second-order valence-electron chi connectivity index (χ2n) is 6.14. The molecule has 2 aromatic rings. The number of alkyl halides is 3. The molecule has 0 saturated heterocycles. The van der Waals surface area contributed by atoms with Gasteiger partial charge in [-0.15, -0.1) is 24.0 Å². The molecule has 0 saturated carbocycles. The standard InChI is InChI=1S/C18H23F3N4O.HI/c1-11(16-12(2)25-26-13(16)3)9-23-17(22-4)24-10-14-6-5-7-15(8-14)18(19,20)21;/h5-8,11H,9-10H2,1-4H3,(H2,22,23,24);1H. The van der Waals surface area contributed by atoms with Crippen molar-refractivity contribution in [2.24, 2.45) is 4.99 Å². The van der Waals surface area contributed by atoms with Gasteiger partial charge in [0.2, 0.25) is 0 Å². The Morgan fingerprint density at radius 2 is 1.96 bits per heavy atom. The van der Waals surface area contributed by atoms with Crippen LogP contribution in [0, 0.1) is 13.8 Å². The summed E-state index contributed by atoms with van der Waals surface area (Å²) in [6.07, 6.45) is -4.35. The summed E-state index contributed by atoms with van der Waals surface area (Å²) >= 11 is 0. The van der Waals surface area contributed by atoms with E-state index in [-0.39, 0.29) is 36.4 Å². The van der Waals surface area contributed by atoms with E-state index in [1.807, 2.05) is 20.8 Å². The van der Waals surface area contributed by atoms with Crippen molar-refractivity contribution < 1.29 is 17.7 Å². The predicted octanol–water partition coefficient (Wildman–Crippen LogP) is 4.40. The third kappa shape index (κ3) is 6.40. The summed E-state index contributed by atoms with van der Waals surface area (Å²) in [5.41, 5.74) is 1.77. The largest absolute Gasteiger partial charge is 0.416 e. The Bertz CT molecular complexity index is 755. The zero-order valence-electron chi connectivity index (χ0n) is 15.6. The number of guanidine groups is 1. The molecule has 0 amide bonds. The number of nitrogens with zero attached hydrogens (tertiary/aromatic N) is 2. The highest BCUT2D eigenvalue weighted by Crippen LogP contribution is 2.29. The number of nitrogens with one attached hydrogen (secondary N) is 2. The van der Waals surface area contributed by atoms with Crippen LogP contribution in [0.15, 0.2) is 33.8 Å². The molecule has 0 aliphatic rings. The van der Waals surface area contributed by atoms with Crippen molar-refractivity contribution in [2.75, 3.05) is 13.6 Å². The molecule has 150 valence electrons. The molecular formula is C18H24F3IN4O.